The molecule has 0 aliphatic carbocycles. The summed E-state index contributed by atoms with van der Waals surface area (Å²) in [5.74, 6) is 4.83. The molecule has 3 aromatic rings. The number of benzene rings is 3. The maximum absolute atomic E-state index is 5.80. The largest absolute Gasteiger partial charge is 0.480 e. The van der Waals surface area contributed by atoms with E-state index in [2.05, 4.69) is 27.2 Å². The Hall–Kier alpha value is -2.90. The van der Waals surface area contributed by atoms with Gasteiger partial charge >= 0.3 is 0 Å². The maximum atomic E-state index is 5.80. The molecule has 0 unspecified atom stereocenters. The van der Waals surface area contributed by atoms with Gasteiger partial charge in [0.1, 0.15) is 23.9 Å². The van der Waals surface area contributed by atoms with E-state index in [-0.39, 0.29) is 6.61 Å². The van der Waals surface area contributed by atoms with Crippen molar-refractivity contribution in [3.63, 3.8) is 0 Å². The molecule has 3 rings (SSSR count). The first-order valence-electron chi connectivity index (χ1n) is 8.16. The fourth-order valence-electron chi connectivity index (χ4n) is 2.36. The summed E-state index contributed by atoms with van der Waals surface area (Å²) in [7, 11) is 0. The molecule has 26 heavy (non-hydrogen) atoms. The molecule has 0 amide bonds. The second-order valence-electron chi connectivity index (χ2n) is 5.55. The fraction of sp³-hybridized carbons (Fsp3) is 0.0909. The van der Waals surface area contributed by atoms with E-state index < -0.39 is 0 Å². The Kier molecular flexibility index (Phi) is 6.19. The molecule has 1 N–H and O–H groups in total. The number of para-hydroxylation sites is 1. The molecule has 0 spiro atoms. The zero-order valence-electron chi connectivity index (χ0n) is 14.1. The number of halogens is 1. The molecule has 0 radical (unpaired) electrons. The summed E-state index contributed by atoms with van der Waals surface area (Å²) < 4.78 is 12.1. The van der Waals surface area contributed by atoms with Crippen molar-refractivity contribution in [1.29, 1.82) is 0 Å². The molecular weight excluding hydrogens is 390 g/mol. The summed E-state index contributed by atoms with van der Waals surface area (Å²) in [5, 5.41) is 3.39. The van der Waals surface area contributed by atoms with Gasteiger partial charge in [-0.1, -0.05) is 30.2 Å². The van der Waals surface area contributed by atoms with Crippen LogP contribution in [-0.2, 0) is 6.54 Å². The van der Waals surface area contributed by atoms with Gasteiger partial charge in [-0.2, -0.15) is 0 Å². The van der Waals surface area contributed by atoms with Crippen LogP contribution in [0.2, 0.25) is 0 Å². The van der Waals surface area contributed by atoms with Crippen LogP contribution in [0.4, 0.5) is 5.69 Å². The number of nitrogens with one attached hydrogen (secondary N) is 1. The lowest BCUT2D eigenvalue weighted by Crippen LogP contribution is -2.00. The number of hydrogen-bond acceptors (Lipinski definition) is 3. The van der Waals surface area contributed by atoms with Crippen molar-refractivity contribution in [2.45, 2.75) is 6.54 Å². The minimum Gasteiger partial charge on any atom is -0.480 e. The first-order chi connectivity index (χ1) is 12.7. The summed E-state index contributed by atoms with van der Waals surface area (Å²) in [5.41, 5.74) is 2.16. The highest BCUT2D eigenvalue weighted by atomic mass is 79.9. The smallest absolute Gasteiger partial charge is 0.148 e. The lowest BCUT2D eigenvalue weighted by Gasteiger charge is -2.10. The monoisotopic (exact) mass is 407 g/mol. The Morgan fingerprint density at radius 1 is 0.923 bits per heavy atom. The van der Waals surface area contributed by atoms with Gasteiger partial charge in [-0.25, -0.2) is 0 Å². The molecule has 3 nitrogen and oxygen atoms in total. The summed E-state index contributed by atoms with van der Waals surface area (Å²) in [6.45, 7) is 0.959. The van der Waals surface area contributed by atoms with Crippen LogP contribution in [0.3, 0.4) is 0 Å². The van der Waals surface area contributed by atoms with Crippen molar-refractivity contribution in [2.24, 2.45) is 0 Å². The van der Waals surface area contributed by atoms with Gasteiger partial charge in [-0.05, 0) is 70.0 Å². The van der Waals surface area contributed by atoms with Gasteiger partial charge in [0.05, 0.1) is 4.47 Å². The number of anilines is 1. The summed E-state index contributed by atoms with van der Waals surface area (Å²) in [4.78, 5) is 0. The minimum atomic E-state index is 0.258. The normalized spacial score (nSPS) is 10.0. The first kappa shape index (κ1) is 17.9. The molecule has 0 saturated heterocycles. The molecule has 0 aromatic heterocycles. The second kappa shape index (κ2) is 8.98. The van der Waals surface area contributed by atoms with Crippen molar-refractivity contribution >= 4 is 21.6 Å². The number of rotatable bonds is 7. The Morgan fingerprint density at radius 3 is 2.35 bits per heavy atom. The van der Waals surface area contributed by atoms with Crippen LogP contribution in [0.15, 0.2) is 77.3 Å². The van der Waals surface area contributed by atoms with Crippen molar-refractivity contribution in [2.75, 3.05) is 11.9 Å². The van der Waals surface area contributed by atoms with Crippen molar-refractivity contribution in [3.8, 4) is 29.6 Å². The van der Waals surface area contributed by atoms with E-state index >= 15 is 0 Å². The van der Waals surface area contributed by atoms with Gasteiger partial charge in [0, 0.05) is 12.2 Å². The molecule has 0 aliphatic rings. The molecule has 0 fully saturated rings. The third-order valence-corrected chi connectivity index (χ3v) is 4.26. The molecule has 130 valence electrons. The average Bonchev–Trinajstić information content (AvgIpc) is 2.67. The first-order valence-corrected chi connectivity index (χ1v) is 8.95. The van der Waals surface area contributed by atoms with Crippen LogP contribution in [-0.4, -0.2) is 6.61 Å². The van der Waals surface area contributed by atoms with E-state index in [1.54, 1.807) is 0 Å². The molecule has 0 bridgehead atoms. The number of hydrogen-bond donors (Lipinski definition) is 1. The third kappa shape index (κ3) is 5.05. The van der Waals surface area contributed by atoms with E-state index in [1.165, 1.54) is 0 Å². The molecule has 4 heteroatoms. The van der Waals surface area contributed by atoms with Gasteiger partial charge in [0.25, 0.3) is 0 Å². The van der Waals surface area contributed by atoms with Gasteiger partial charge in [0.15, 0.2) is 0 Å². The molecule has 0 atom stereocenters. The highest BCUT2D eigenvalue weighted by Gasteiger charge is 2.03. The van der Waals surface area contributed by atoms with E-state index in [9.17, 15) is 0 Å². The number of terminal acetylenes is 1. The van der Waals surface area contributed by atoms with Crippen LogP contribution in [0.5, 0.6) is 17.2 Å². The van der Waals surface area contributed by atoms with Crippen LogP contribution >= 0.6 is 15.9 Å². The van der Waals surface area contributed by atoms with Gasteiger partial charge in [0.2, 0.25) is 0 Å². The molecule has 0 heterocycles. The van der Waals surface area contributed by atoms with Gasteiger partial charge in [-0.3, -0.25) is 0 Å². The highest BCUT2D eigenvalue weighted by molar-refractivity contribution is 9.10. The Labute approximate surface area is 162 Å². The molecule has 0 saturated carbocycles. The van der Waals surface area contributed by atoms with Crippen molar-refractivity contribution in [3.05, 3.63) is 82.8 Å². The van der Waals surface area contributed by atoms with Crippen LogP contribution in [0.25, 0.3) is 0 Å². The van der Waals surface area contributed by atoms with Gasteiger partial charge < -0.3 is 14.8 Å². The van der Waals surface area contributed by atoms with E-state index in [0.29, 0.717) is 6.54 Å². The maximum Gasteiger partial charge on any atom is 0.148 e. The lowest BCUT2D eigenvalue weighted by atomic mass is 10.2. The minimum absolute atomic E-state index is 0.258. The molecule has 3 aromatic carbocycles. The standard InChI is InChI=1S/C22H18BrNO2/c1-2-14-25-22-13-8-17(15-21(22)23)16-24-18-9-11-20(12-10-18)26-19-6-4-3-5-7-19/h1,3-13,15,24H,14,16H2. The average molecular weight is 408 g/mol. The molecular formula is C22H18BrNO2. The fourth-order valence-corrected chi connectivity index (χ4v) is 2.90. The predicted octanol–water partition coefficient (Wildman–Crippen LogP) is 5.87. The lowest BCUT2D eigenvalue weighted by molar-refractivity contribution is 0.368. The second-order valence-corrected chi connectivity index (χ2v) is 6.40. The zero-order chi connectivity index (χ0) is 18.2. The third-order valence-electron chi connectivity index (χ3n) is 3.64. The Balaban J connectivity index is 1.56. The van der Waals surface area contributed by atoms with Crippen molar-refractivity contribution in [1.82, 2.24) is 0 Å². The zero-order valence-corrected chi connectivity index (χ0v) is 15.7. The van der Waals surface area contributed by atoms with Crippen LogP contribution < -0.4 is 14.8 Å². The summed E-state index contributed by atoms with van der Waals surface area (Å²) in [6.07, 6.45) is 5.21. The van der Waals surface area contributed by atoms with Crippen molar-refractivity contribution < 1.29 is 9.47 Å². The Bertz CT molecular complexity index is 886. The number of ether oxygens (including phenoxy) is 2. The summed E-state index contributed by atoms with van der Waals surface area (Å²) >= 11 is 3.51. The quantitative estimate of drug-likeness (QED) is 0.497. The predicted molar refractivity (Wildman–Crippen MR) is 109 cm³/mol. The van der Waals surface area contributed by atoms with Gasteiger partial charge in [-0.15, -0.1) is 6.42 Å². The van der Waals surface area contributed by atoms with E-state index in [0.717, 1.165) is 33.0 Å². The Morgan fingerprint density at radius 2 is 1.65 bits per heavy atom. The summed E-state index contributed by atoms with van der Waals surface area (Å²) in [6, 6.07) is 23.6. The van der Waals surface area contributed by atoms with Crippen LogP contribution in [0.1, 0.15) is 5.56 Å². The van der Waals surface area contributed by atoms with E-state index in [4.69, 9.17) is 15.9 Å². The van der Waals surface area contributed by atoms with Crippen LogP contribution in [0, 0.1) is 12.3 Å². The molecule has 0 aliphatic heterocycles. The SMILES string of the molecule is C#CCOc1ccc(CNc2ccc(Oc3ccccc3)cc2)cc1Br. The topological polar surface area (TPSA) is 30.5 Å². The highest BCUT2D eigenvalue weighted by Crippen LogP contribution is 2.27. The van der Waals surface area contributed by atoms with E-state index in [1.807, 2.05) is 72.8 Å².